The summed E-state index contributed by atoms with van der Waals surface area (Å²) in [6.45, 7) is 0. The summed E-state index contributed by atoms with van der Waals surface area (Å²) in [5, 5.41) is 3.94. The van der Waals surface area contributed by atoms with Crippen molar-refractivity contribution in [1.29, 1.82) is 0 Å². The van der Waals surface area contributed by atoms with Gasteiger partial charge in [0.25, 0.3) is 5.56 Å². The molecule has 0 saturated heterocycles. The van der Waals surface area contributed by atoms with Gasteiger partial charge in [-0.3, -0.25) is 4.79 Å². The Morgan fingerprint density at radius 3 is 3.05 bits per heavy atom. The first-order valence-electron chi connectivity index (χ1n) is 6.73. The van der Waals surface area contributed by atoms with Gasteiger partial charge in [0.15, 0.2) is 0 Å². The lowest BCUT2D eigenvalue weighted by atomic mass is 10.1. The number of aromatic amines is 1. The molecule has 1 aromatic heterocycles. The van der Waals surface area contributed by atoms with Crippen molar-refractivity contribution in [3.8, 4) is 0 Å². The highest BCUT2D eigenvalue weighted by atomic mass is 16.5. The number of ether oxygens (including phenoxy) is 1. The van der Waals surface area contributed by atoms with Crippen molar-refractivity contribution in [3.05, 3.63) is 28.8 Å². The number of hydrogen-bond donors (Lipinski definition) is 3. The van der Waals surface area contributed by atoms with Gasteiger partial charge in [0.1, 0.15) is 0 Å². The van der Waals surface area contributed by atoms with Crippen LogP contribution in [-0.2, 0) is 4.74 Å². The molecular formula is C14H18N4O2. The second-order valence-corrected chi connectivity index (χ2v) is 5.20. The molecule has 0 radical (unpaired) electrons. The number of nitrogen functional groups attached to an aromatic ring is 1. The number of rotatable bonds is 3. The van der Waals surface area contributed by atoms with Crippen LogP contribution in [0.2, 0.25) is 0 Å². The third kappa shape index (κ3) is 2.34. The van der Waals surface area contributed by atoms with Crippen molar-refractivity contribution in [2.75, 3.05) is 18.2 Å². The number of anilines is 2. The number of aromatic nitrogens is 2. The number of H-pyrrole nitrogens is 1. The molecule has 1 fully saturated rings. The Hall–Kier alpha value is -2.08. The van der Waals surface area contributed by atoms with E-state index in [1.165, 1.54) is 6.33 Å². The van der Waals surface area contributed by atoms with Crippen LogP contribution < -0.4 is 16.6 Å². The van der Waals surface area contributed by atoms with E-state index in [0.717, 1.165) is 24.9 Å². The maximum absolute atomic E-state index is 11.7. The summed E-state index contributed by atoms with van der Waals surface area (Å²) in [4.78, 5) is 18.4. The van der Waals surface area contributed by atoms with Crippen LogP contribution in [-0.4, -0.2) is 29.2 Å². The number of methoxy groups -OCH3 is 1. The molecule has 20 heavy (non-hydrogen) atoms. The molecule has 3 rings (SSSR count). The summed E-state index contributed by atoms with van der Waals surface area (Å²) in [5.74, 6) is 0. The standard InChI is InChI=1S/C14H18N4O2/c1-20-9-3-2-8(4-9)18-13-6-12-10(5-11(13)15)14(19)17-7-16-12/h5-9,18H,2-4,15H2,1H3,(H,16,17,19). The molecule has 1 heterocycles. The molecule has 6 heteroatoms. The highest BCUT2D eigenvalue weighted by Gasteiger charge is 2.24. The van der Waals surface area contributed by atoms with Gasteiger partial charge < -0.3 is 20.8 Å². The Morgan fingerprint density at radius 2 is 2.30 bits per heavy atom. The minimum absolute atomic E-state index is 0.173. The van der Waals surface area contributed by atoms with Gasteiger partial charge in [0.2, 0.25) is 0 Å². The first kappa shape index (κ1) is 12.9. The monoisotopic (exact) mass is 274 g/mol. The van der Waals surface area contributed by atoms with Gasteiger partial charge in [-0.2, -0.15) is 0 Å². The Labute approximate surface area is 116 Å². The minimum atomic E-state index is -0.173. The van der Waals surface area contributed by atoms with E-state index in [2.05, 4.69) is 15.3 Å². The van der Waals surface area contributed by atoms with Crippen molar-refractivity contribution in [3.63, 3.8) is 0 Å². The smallest absolute Gasteiger partial charge is 0.258 e. The fourth-order valence-corrected chi connectivity index (χ4v) is 2.76. The number of fused-ring (bicyclic) bond motifs is 1. The fraction of sp³-hybridized carbons (Fsp3) is 0.429. The van der Waals surface area contributed by atoms with E-state index < -0.39 is 0 Å². The third-order valence-electron chi connectivity index (χ3n) is 3.89. The zero-order valence-electron chi connectivity index (χ0n) is 11.3. The van der Waals surface area contributed by atoms with Gasteiger partial charge >= 0.3 is 0 Å². The van der Waals surface area contributed by atoms with E-state index in [0.29, 0.717) is 28.7 Å². The van der Waals surface area contributed by atoms with Crippen LogP contribution in [0.1, 0.15) is 19.3 Å². The SMILES string of the molecule is COC1CCC(Nc2cc3nc[nH]c(=O)c3cc2N)C1. The Bertz CT molecular complexity index is 682. The zero-order valence-corrected chi connectivity index (χ0v) is 11.3. The minimum Gasteiger partial charge on any atom is -0.397 e. The molecule has 0 bridgehead atoms. The van der Waals surface area contributed by atoms with E-state index in [-0.39, 0.29) is 5.56 Å². The van der Waals surface area contributed by atoms with Gasteiger partial charge in [-0.25, -0.2) is 4.98 Å². The highest BCUT2D eigenvalue weighted by Crippen LogP contribution is 2.29. The summed E-state index contributed by atoms with van der Waals surface area (Å²) in [5.41, 5.74) is 7.90. The van der Waals surface area contributed by atoms with Crippen LogP contribution in [0.25, 0.3) is 10.9 Å². The molecule has 2 unspecified atom stereocenters. The number of hydrogen-bond acceptors (Lipinski definition) is 5. The first-order chi connectivity index (χ1) is 9.67. The van der Waals surface area contributed by atoms with Crippen LogP contribution in [0.3, 0.4) is 0 Å². The quantitative estimate of drug-likeness (QED) is 0.737. The van der Waals surface area contributed by atoms with Crippen LogP contribution in [0.4, 0.5) is 11.4 Å². The third-order valence-corrected chi connectivity index (χ3v) is 3.89. The Balaban J connectivity index is 1.89. The molecular weight excluding hydrogens is 256 g/mol. The maximum atomic E-state index is 11.7. The van der Waals surface area contributed by atoms with Gasteiger partial charge in [-0.05, 0) is 31.4 Å². The molecule has 1 aliphatic carbocycles. The maximum Gasteiger partial charge on any atom is 0.258 e. The predicted octanol–water partition coefficient (Wildman–Crippen LogP) is 1.48. The molecule has 0 spiro atoms. The molecule has 4 N–H and O–H groups in total. The van der Waals surface area contributed by atoms with Crippen LogP contribution in [0.15, 0.2) is 23.3 Å². The molecule has 2 atom stereocenters. The molecule has 2 aromatic rings. The number of nitrogens with one attached hydrogen (secondary N) is 2. The van der Waals surface area contributed by atoms with Crippen molar-refractivity contribution in [2.45, 2.75) is 31.4 Å². The van der Waals surface area contributed by atoms with Crippen molar-refractivity contribution < 1.29 is 4.74 Å². The summed E-state index contributed by atoms with van der Waals surface area (Å²) in [7, 11) is 1.74. The molecule has 6 nitrogen and oxygen atoms in total. The highest BCUT2D eigenvalue weighted by molar-refractivity contribution is 5.88. The molecule has 106 valence electrons. The molecule has 1 aliphatic rings. The van der Waals surface area contributed by atoms with Crippen molar-refractivity contribution in [1.82, 2.24) is 9.97 Å². The van der Waals surface area contributed by atoms with Crippen molar-refractivity contribution in [2.24, 2.45) is 0 Å². The largest absolute Gasteiger partial charge is 0.397 e. The van der Waals surface area contributed by atoms with Gasteiger partial charge in [0.05, 0.1) is 34.7 Å². The summed E-state index contributed by atoms with van der Waals surface area (Å²) >= 11 is 0. The van der Waals surface area contributed by atoms with E-state index in [4.69, 9.17) is 10.5 Å². The van der Waals surface area contributed by atoms with Gasteiger partial charge in [-0.1, -0.05) is 0 Å². The van der Waals surface area contributed by atoms with Crippen LogP contribution >= 0.6 is 0 Å². The lowest BCUT2D eigenvalue weighted by Gasteiger charge is -2.16. The number of benzene rings is 1. The molecule has 1 aromatic carbocycles. The Morgan fingerprint density at radius 1 is 1.45 bits per heavy atom. The normalized spacial score (nSPS) is 22.2. The van der Waals surface area contributed by atoms with Gasteiger partial charge in [-0.15, -0.1) is 0 Å². The summed E-state index contributed by atoms with van der Waals surface area (Å²) in [6.07, 6.45) is 4.80. The molecule has 1 saturated carbocycles. The Kier molecular flexibility index (Phi) is 3.31. The average Bonchev–Trinajstić information content (AvgIpc) is 2.89. The zero-order chi connectivity index (χ0) is 14.1. The lowest BCUT2D eigenvalue weighted by molar-refractivity contribution is 0.108. The first-order valence-corrected chi connectivity index (χ1v) is 6.73. The predicted molar refractivity (Wildman–Crippen MR) is 78.8 cm³/mol. The molecule has 0 amide bonds. The molecule has 0 aliphatic heterocycles. The summed E-state index contributed by atoms with van der Waals surface area (Å²) < 4.78 is 5.37. The van der Waals surface area contributed by atoms with E-state index in [1.54, 1.807) is 13.2 Å². The number of nitrogens with zero attached hydrogens (tertiary/aromatic N) is 1. The fourth-order valence-electron chi connectivity index (χ4n) is 2.76. The van der Waals surface area contributed by atoms with Crippen molar-refractivity contribution >= 4 is 22.3 Å². The lowest BCUT2D eigenvalue weighted by Crippen LogP contribution is -2.18. The van der Waals surface area contributed by atoms with Crippen LogP contribution in [0, 0.1) is 0 Å². The van der Waals surface area contributed by atoms with E-state index >= 15 is 0 Å². The second-order valence-electron chi connectivity index (χ2n) is 5.20. The number of nitrogens with two attached hydrogens (primary N) is 1. The van der Waals surface area contributed by atoms with Gasteiger partial charge in [0, 0.05) is 13.2 Å². The van der Waals surface area contributed by atoms with E-state index in [1.807, 2.05) is 6.07 Å². The topological polar surface area (TPSA) is 93.0 Å². The average molecular weight is 274 g/mol. The second kappa shape index (κ2) is 5.13. The summed E-state index contributed by atoms with van der Waals surface area (Å²) in [6, 6.07) is 3.86. The van der Waals surface area contributed by atoms with Crippen LogP contribution in [0.5, 0.6) is 0 Å². The van der Waals surface area contributed by atoms with E-state index in [9.17, 15) is 4.79 Å².